The minimum Gasteiger partial charge on any atom is -0.486 e. The van der Waals surface area contributed by atoms with Crippen LogP contribution < -0.4 is 19.5 Å². The van der Waals surface area contributed by atoms with E-state index in [0.29, 0.717) is 48.2 Å². The zero-order chi connectivity index (χ0) is 22.6. The zero-order valence-electron chi connectivity index (χ0n) is 18.8. The maximum absolute atomic E-state index is 14.5. The molecule has 0 radical (unpaired) electrons. The molecular formula is C25H29FN4O3. The number of rotatable bonds is 7. The first-order chi connectivity index (χ1) is 16.2. The van der Waals surface area contributed by atoms with Crippen LogP contribution in [0.15, 0.2) is 36.5 Å². The number of piperidine rings is 1. The fraction of sp³-hybridized carbons (Fsp3) is 0.440. The second-order valence-electron chi connectivity index (χ2n) is 8.53. The van der Waals surface area contributed by atoms with Gasteiger partial charge in [0.1, 0.15) is 19.0 Å². The third-order valence-electron chi connectivity index (χ3n) is 6.42. The second kappa shape index (κ2) is 9.89. The molecule has 2 aliphatic rings. The minimum absolute atomic E-state index is 0.306. The number of ether oxygens (including phenoxy) is 3. The number of pyridine rings is 2. The molecule has 3 aromatic rings. The number of nitrogens with zero attached hydrogens (tertiary/aromatic N) is 3. The summed E-state index contributed by atoms with van der Waals surface area (Å²) in [6.07, 6.45) is 4.02. The maximum Gasteiger partial charge on any atom is 0.213 e. The van der Waals surface area contributed by atoms with E-state index in [-0.39, 0.29) is 5.82 Å². The smallest absolute Gasteiger partial charge is 0.213 e. The van der Waals surface area contributed by atoms with E-state index in [4.69, 9.17) is 14.2 Å². The molecule has 1 fully saturated rings. The molecule has 0 unspecified atom stereocenters. The topological polar surface area (TPSA) is 68.7 Å². The summed E-state index contributed by atoms with van der Waals surface area (Å²) >= 11 is 0. The highest BCUT2D eigenvalue weighted by atomic mass is 19.1. The largest absolute Gasteiger partial charge is 0.486 e. The van der Waals surface area contributed by atoms with Crippen LogP contribution in [0.1, 0.15) is 24.0 Å². The summed E-state index contributed by atoms with van der Waals surface area (Å²) in [7, 11) is 1.56. The van der Waals surface area contributed by atoms with Crippen LogP contribution in [0, 0.1) is 5.82 Å². The number of aromatic nitrogens is 2. The molecule has 2 aromatic heterocycles. The van der Waals surface area contributed by atoms with E-state index in [1.54, 1.807) is 13.2 Å². The first-order valence-corrected chi connectivity index (χ1v) is 11.5. The van der Waals surface area contributed by atoms with Gasteiger partial charge in [0, 0.05) is 30.8 Å². The van der Waals surface area contributed by atoms with Crippen LogP contribution >= 0.6 is 0 Å². The molecule has 5 rings (SSSR count). The number of fused-ring (bicyclic) bond motifs is 2. The van der Waals surface area contributed by atoms with Gasteiger partial charge in [0.25, 0.3) is 0 Å². The summed E-state index contributed by atoms with van der Waals surface area (Å²) in [5, 5.41) is 3.67. The molecule has 0 bridgehead atoms. The van der Waals surface area contributed by atoms with Gasteiger partial charge in [-0.1, -0.05) is 6.07 Å². The van der Waals surface area contributed by atoms with Crippen molar-refractivity contribution in [3.05, 3.63) is 53.5 Å². The maximum atomic E-state index is 14.5. The Labute approximate surface area is 192 Å². The molecule has 0 aliphatic carbocycles. The molecule has 8 heteroatoms. The summed E-state index contributed by atoms with van der Waals surface area (Å²) in [6, 6.07) is 10.2. The number of hydrogen-bond donors (Lipinski definition) is 1. The van der Waals surface area contributed by atoms with Gasteiger partial charge in [0.15, 0.2) is 11.5 Å². The number of methoxy groups -OCH3 is 1. The van der Waals surface area contributed by atoms with Gasteiger partial charge in [-0.05, 0) is 56.1 Å². The van der Waals surface area contributed by atoms with Crippen molar-refractivity contribution in [3.8, 4) is 17.4 Å². The summed E-state index contributed by atoms with van der Waals surface area (Å²) in [4.78, 5) is 11.0. The van der Waals surface area contributed by atoms with Crippen LogP contribution in [0.2, 0.25) is 0 Å². The van der Waals surface area contributed by atoms with Gasteiger partial charge < -0.3 is 24.4 Å². The van der Waals surface area contributed by atoms with Crippen molar-refractivity contribution >= 4 is 11.0 Å². The molecule has 2 aliphatic heterocycles. The zero-order valence-corrected chi connectivity index (χ0v) is 18.8. The third kappa shape index (κ3) is 5.02. The average molecular weight is 453 g/mol. The Kier molecular flexibility index (Phi) is 6.55. The van der Waals surface area contributed by atoms with Gasteiger partial charge in [-0.15, -0.1) is 0 Å². The Morgan fingerprint density at radius 2 is 1.94 bits per heavy atom. The predicted molar refractivity (Wildman–Crippen MR) is 123 cm³/mol. The van der Waals surface area contributed by atoms with E-state index in [1.165, 1.54) is 11.8 Å². The third-order valence-corrected chi connectivity index (χ3v) is 6.42. The number of benzene rings is 1. The fourth-order valence-electron chi connectivity index (χ4n) is 4.52. The fourth-order valence-corrected chi connectivity index (χ4v) is 4.52. The average Bonchev–Trinajstić information content (AvgIpc) is 2.87. The highest BCUT2D eigenvalue weighted by Crippen LogP contribution is 2.30. The molecule has 0 spiro atoms. The van der Waals surface area contributed by atoms with Crippen molar-refractivity contribution in [2.45, 2.75) is 31.8 Å². The number of nitrogens with one attached hydrogen (secondary N) is 1. The lowest BCUT2D eigenvalue weighted by molar-refractivity contribution is 0.171. The van der Waals surface area contributed by atoms with Gasteiger partial charge in [-0.2, -0.15) is 0 Å². The molecule has 7 nitrogen and oxygen atoms in total. The predicted octanol–water partition coefficient (Wildman–Crippen LogP) is 3.35. The van der Waals surface area contributed by atoms with E-state index >= 15 is 0 Å². The molecular weight excluding hydrogens is 423 g/mol. The molecule has 1 aromatic carbocycles. The van der Waals surface area contributed by atoms with Gasteiger partial charge in [-0.25, -0.2) is 9.37 Å². The Morgan fingerprint density at radius 1 is 1.12 bits per heavy atom. The lowest BCUT2D eigenvalue weighted by atomic mass is 10.0. The summed E-state index contributed by atoms with van der Waals surface area (Å²) in [6.45, 7) is 4.79. The van der Waals surface area contributed by atoms with Gasteiger partial charge >= 0.3 is 0 Å². The van der Waals surface area contributed by atoms with Crippen LogP contribution in [-0.2, 0) is 13.0 Å². The Bertz CT molecular complexity index is 1120. The number of halogens is 1. The lowest BCUT2D eigenvalue weighted by Gasteiger charge is -2.32. The highest BCUT2D eigenvalue weighted by molar-refractivity contribution is 5.78. The van der Waals surface area contributed by atoms with Crippen LogP contribution in [0.25, 0.3) is 11.0 Å². The van der Waals surface area contributed by atoms with Crippen molar-refractivity contribution in [2.75, 3.05) is 40.0 Å². The van der Waals surface area contributed by atoms with Gasteiger partial charge in [0.05, 0.1) is 24.3 Å². The van der Waals surface area contributed by atoms with E-state index in [0.717, 1.165) is 50.5 Å². The van der Waals surface area contributed by atoms with Crippen molar-refractivity contribution in [1.29, 1.82) is 0 Å². The Morgan fingerprint density at radius 3 is 2.76 bits per heavy atom. The Balaban J connectivity index is 1.13. The SMILES string of the molecule is COc1ccc2ncc(F)c(CCN3CCC(NCc4ccc5c(c4)OCCO5)CC3)c2n1. The Hall–Kier alpha value is -2.97. The van der Waals surface area contributed by atoms with Crippen molar-refractivity contribution in [2.24, 2.45) is 0 Å². The minimum atomic E-state index is -0.306. The summed E-state index contributed by atoms with van der Waals surface area (Å²) < 4.78 is 31.0. The first kappa shape index (κ1) is 21.9. The van der Waals surface area contributed by atoms with Gasteiger partial charge in [-0.3, -0.25) is 4.98 Å². The second-order valence-corrected chi connectivity index (χ2v) is 8.53. The van der Waals surface area contributed by atoms with Crippen LogP contribution in [0.5, 0.6) is 17.4 Å². The van der Waals surface area contributed by atoms with Crippen LogP contribution in [0.4, 0.5) is 4.39 Å². The molecule has 1 saturated heterocycles. The molecule has 0 atom stereocenters. The molecule has 33 heavy (non-hydrogen) atoms. The summed E-state index contributed by atoms with van der Waals surface area (Å²) in [5.74, 6) is 1.82. The van der Waals surface area contributed by atoms with Crippen LogP contribution in [-0.4, -0.2) is 60.9 Å². The van der Waals surface area contributed by atoms with Crippen molar-refractivity contribution in [3.63, 3.8) is 0 Å². The van der Waals surface area contributed by atoms with Crippen LogP contribution in [0.3, 0.4) is 0 Å². The first-order valence-electron chi connectivity index (χ1n) is 11.5. The lowest BCUT2D eigenvalue weighted by Crippen LogP contribution is -2.42. The van der Waals surface area contributed by atoms with E-state index in [9.17, 15) is 4.39 Å². The number of likely N-dealkylation sites (tertiary alicyclic amines) is 1. The van der Waals surface area contributed by atoms with E-state index in [1.807, 2.05) is 12.1 Å². The highest BCUT2D eigenvalue weighted by Gasteiger charge is 2.20. The molecule has 0 amide bonds. The van der Waals surface area contributed by atoms with Crippen molar-refractivity contribution in [1.82, 2.24) is 20.2 Å². The monoisotopic (exact) mass is 452 g/mol. The van der Waals surface area contributed by atoms with E-state index in [2.05, 4.69) is 32.3 Å². The molecule has 0 saturated carbocycles. The quantitative estimate of drug-likeness (QED) is 0.590. The molecule has 1 N–H and O–H groups in total. The normalized spacial score (nSPS) is 16.8. The molecule has 174 valence electrons. The standard InChI is InChI=1S/C25H29FN4O3/c1-31-24-5-3-21-25(29-24)19(20(26)16-28-21)8-11-30-9-6-18(7-10-30)27-15-17-2-4-22-23(14-17)33-13-12-32-22/h2-5,14,16,18,27H,6-13,15H2,1H3. The molecule has 4 heterocycles. The van der Waals surface area contributed by atoms with Gasteiger partial charge in [0.2, 0.25) is 5.88 Å². The number of hydrogen-bond acceptors (Lipinski definition) is 7. The van der Waals surface area contributed by atoms with Crippen molar-refractivity contribution < 1.29 is 18.6 Å². The van der Waals surface area contributed by atoms with E-state index < -0.39 is 0 Å². The summed E-state index contributed by atoms with van der Waals surface area (Å²) in [5.41, 5.74) is 3.09.